The molecule has 0 amide bonds. The van der Waals surface area contributed by atoms with E-state index in [1.54, 1.807) is 6.08 Å². The molecule has 2 aliphatic rings. The smallest absolute Gasteiger partial charge is 0.231 e. The Morgan fingerprint density at radius 3 is 2.77 bits per heavy atom. The normalized spacial score (nSPS) is 16.3. The zero-order valence-corrected chi connectivity index (χ0v) is 14.6. The minimum absolute atomic E-state index is 0.0412. The topological polar surface area (TPSA) is 44.8 Å². The van der Waals surface area contributed by atoms with Crippen molar-refractivity contribution in [2.75, 3.05) is 6.79 Å². The van der Waals surface area contributed by atoms with E-state index in [1.807, 2.05) is 48.5 Å². The predicted molar refractivity (Wildman–Crippen MR) is 99.6 cm³/mol. The highest BCUT2D eigenvalue weighted by atomic mass is 16.7. The minimum atomic E-state index is 0.0412. The molecule has 4 heteroatoms. The van der Waals surface area contributed by atoms with Crippen molar-refractivity contribution in [1.29, 1.82) is 0 Å². The van der Waals surface area contributed by atoms with Gasteiger partial charge in [0.25, 0.3) is 0 Å². The third kappa shape index (κ3) is 3.90. The van der Waals surface area contributed by atoms with Crippen molar-refractivity contribution in [2.45, 2.75) is 38.2 Å². The predicted octanol–water partition coefficient (Wildman–Crippen LogP) is 4.56. The van der Waals surface area contributed by atoms with Crippen molar-refractivity contribution < 1.29 is 19.0 Å². The van der Waals surface area contributed by atoms with E-state index < -0.39 is 0 Å². The van der Waals surface area contributed by atoms with Crippen molar-refractivity contribution in [2.24, 2.45) is 0 Å². The first-order valence-corrected chi connectivity index (χ1v) is 9.13. The summed E-state index contributed by atoms with van der Waals surface area (Å²) >= 11 is 0. The first kappa shape index (κ1) is 16.7. The second-order valence-electron chi connectivity index (χ2n) is 6.73. The third-order valence-electron chi connectivity index (χ3n) is 4.78. The van der Waals surface area contributed by atoms with E-state index in [2.05, 4.69) is 0 Å². The number of hydrogen-bond acceptors (Lipinski definition) is 4. The van der Waals surface area contributed by atoms with Crippen LogP contribution in [0.5, 0.6) is 17.2 Å². The lowest BCUT2D eigenvalue weighted by Crippen LogP contribution is -2.11. The second kappa shape index (κ2) is 7.65. The van der Waals surface area contributed by atoms with Crippen LogP contribution in [0.1, 0.15) is 36.8 Å². The lowest BCUT2D eigenvalue weighted by Gasteiger charge is -2.15. The molecule has 1 aliphatic heterocycles. The first-order chi connectivity index (χ1) is 12.8. The number of benzene rings is 2. The van der Waals surface area contributed by atoms with Gasteiger partial charge >= 0.3 is 0 Å². The zero-order chi connectivity index (χ0) is 17.8. The number of para-hydroxylation sites is 1. The highest BCUT2D eigenvalue weighted by Gasteiger charge is 2.17. The van der Waals surface area contributed by atoms with Crippen LogP contribution in [0.25, 0.3) is 6.08 Å². The molecular formula is C22H22O4. The van der Waals surface area contributed by atoms with Gasteiger partial charge in [-0.25, -0.2) is 0 Å². The van der Waals surface area contributed by atoms with Gasteiger partial charge in [0, 0.05) is 12.0 Å². The summed E-state index contributed by atoms with van der Waals surface area (Å²) in [5.74, 6) is 2.33. The molecule has 1 fully saturated rings. The molecule has 2 aromatic rings. The number of ether oxygens (including phenoxy) is 3. The summed E-state index contributed by atoms with van der Waals surface area (Å²) in [6, 6.07) is 13.5. The first-order valence-electron chi connectivity index (χ1n) is 9.13. The number of carbonyl (C=O) groups excluding carboxylic acids is 1. The van der Waals surface area contributed by atoms with E-state index in [1.165, 1.54) is 12.8 Å². The maximum absolute atomic E-state index is 12.3. The van der Waals surface area contributed by atoms with Crippen LogP contribution >= 0.6 is 0 Å². The Bertz CT molecular complexity index is 819. The van der Waals surface area contributed by atoms with Gasteiger partial charge in [0.1, 0.15) is 5.75 Å². The summed E-state index contributed by atoms with van der Waals surface area (Å²) in [5, 5.41) is 0. The van der Waals surface area contributed by atoms with E-state index in [4.69, 9.17) is 14.2 Å². The quantitative estimate of drug-likeness (QED) is 0.716. The highest BCUT2D eigenvalue weighted by Crippen LogP contribution is 2.32. The molecule has 0 spiro atoms. The molecule has 1 saturated carbocycles. The average Bonchev–Trinajstić information content (AvgIpc) is 3.32. The van der Waals surface area contributed by atoms with Crippen molar-refractivity contribution in [3.8, 4) is 17.2 Å². The van der Waals surface area contributed by atoms with E-state index in [0.29, 0.717) is 18.3 Å². The Morgan fingerprint density at radius 2 is 1.88 bits per heavy atom. The van der Waals surface area contributed by atoms with Crippen LogP contribution in [0.3, 0.4) is 0 Å². The van der Waals surface area contributed by atoms with Crippen LogP contribution in [-0.4, -0.2) is 18.7 Å². The van der Waals surface area contributed by atoms with E-state index in [-0.39, 0.29) is 12.6 Å². The van der Waals surface area contributed by atoms with Crippen LogP contribution < -0.4 is 14.2 Å². The summed E-state index contributed by atoms with van der Waals surface area (Å²) in [5.41, 5.74) is 1.86. The fourth-order valence-electron chi connectivity index (χ4n) is 3.41. The minimum Gasteiger partial charge on any atom is -0.490 e. The molecule has 0 aromatic heterocycles. The summed E-state index contributed by atoms with van der Waals surface area (Å²) in [4.78, 5) is 12.3. The Hall–Kier alpha value is -2.75. The van der Waals surface area contributed by atoms with Crippen molar-refractivity contribution in [3.63, 3.8) is 0 Å². The molecule has 4 nitrogen and oxygen atoms in total. The van der Waals surface area contributed by atoms with Crippen LogP contribution in [0.4, 0.5) is 0 Å². The molecule has 1 heterocycles. The molecule has 0 unspecified atom stereocenters. The maximum atomic E-state index is 12.3. The molecular weight excluding hydrogens is 328 g/mol. The number of rotatable bonds is 6. The number of ketones is 1. The lowest BCUT2D eigenvalue weighted by atomic mass is 10.1. The molecule has 0 radical (unpaired) electrons. The van der Waals surface area contributed by atoms with Gasteiger partial charge in [-0.2, -0.15) is 0 Å². The summed E-state index contributed by atoms with van der Waals surface area (Å²) in [6.07, 6.45) is 8.80. The summed E-state index contributed by atoms with van der Waals surface area (Å²) in [6.45, 7) is 0.240. The Kier molecular flexibility index (Phi) is 4.91. The molecule has 2 aromatic carbocycles. The van der Waals surface area contributed by atoms with Gasteiger partial charge in [0.15, 0.2) is 17.3 Å². The Balaban J connectivity index is 1.41. The highest BCUT2D eigenvalue weighted by molar-refractivity contribution is 5.95. The van der Waals surface area contributed by atoms with Crippen LogP contribution in [-0.2, 0) is 11.2 Å². The fraction of sp³-hybridized carbons (Fsp3) is 0.318. The SMILES string of the molecule is O=C(/C=C/c1ccccc1OC1CCCC1)Cc1ccc2c(c1)OCO2. The molecule has 134 valence electrons. The van der Waals surface area contributed by atoms with Crippen LogP contribution in [0.2, 0.25) is 0 Å². The largest absolute Gasteiger partial charge is 0.490 e. The van der Waals surface area contributed by atoms with Crippen LogP contribution in [0, 0.1) is 0 Å². The molecule has 0 atom stereocenters. The van der Waals surface area contributed by atoms with Crippen LogP contribution in [0.15, 0.2) is 48.5 Å². The van der Waals surface area contributed by atoms with Crippen molar-refractivity contribution in [1.82, 2.24) is 0 Å². The lowest BCUT2D eigenvalue weighted by molar-refractivity contribution is -0.113. The summed E-state index contributed by atoms with van der Waals surface area (Å²) in [7, 11) is 0. The van der Waals surface area contributed by atoms with Crippen molar-refractivity contribution in [3.05, 3.63) is 59.7 Å². The average molecular weight is 350 g/mol. The van der Waals surface area contributed by atoms with E-state index >= 15 is 0 Å². The fourth-order valence-corrected chi connectivity index (χ4v) is 3.41. The number of allylic oxidation sites excluding steroid dienone is 1. The summed E-state index contributed by atoms with van der Waals surface area (Å²) < 4.78 is 16.8. The molecule has 0 bridgehead atoms. The second-order valence-corrected chi connectivity index (χ2v) is 6.73. The van der Waals surface area contributed by atoms with Gasteiger partial charge < -0.3 is 14.2 Å². The standard InChI is InChI=1S/C22H22O4/c23-18(13-16-9-12-21-22(14-16)25-15-24-21)11-10-17-5-1-4-8-20(17)26-19-6-2-3-7-19/h1,4-5,8-12,14,19H,2-3,6-7,13,15H2/b11-10+. The van der Waals surface area contributed by atoms with E-state index in [9.17, 15) is 4.79 Å². The van der Waals surface area contributed by atoms with E-state index in [0.717, 1.165) is 35.5 Å². The maximum Gasteiger partial charge on any atom is 0.231 e. The third-order valence-corrected chi connectivity index (χ3v) is 4.78. The molecule has 1 aliphatic carbocycles. The van der Waals surface area contributed by atoms with Gasteiger partial charge in [-0.05, 0) is 61.6 Å². The van der Waals surface area contributed by atoms with Gasteiger partial charge in [-0.15, -0.1) is 0 Å². The number of carbonyl (C=O) groups is 1. The van der Waals surface area contributed by atoms with Gasteiger partial charge in [-0.3, -0.25) is 4.79 Å². The molecule has 0 N–H and O–H groups in total. The van der Waals surface area contributed by atoms with Gasteiger partial charge in [-0.1, -0.05) is 24.3 Å². The zero-order valence-electron chi connectivity index (χ0n) is 14.6. The van der Waals surface area contributed by atoms with Gasteiger partial charge in [0.2, 0.25) is 6.79 Å². The molecule has 4 rings (SSSR count). The Labute approximate surface area is 153 Å². The number of fused-ring (bicyclic) bond motifs is 1. The number of hydrogen-bond donors (Lipinski definition) is 0. The molecule has 0 saturated heterocycles. The van der Waals surface area contributed by atoms with Crippen molar-refractivity contribution >= 4 is 11.9 Å². The monoisotopic (exact) mass is 350 g/mol. The Morgan fingerprint density at radius 1 is 1.08 bits per heavy atom. The van der Waals surface area contributed by atoms with Gasteiger partial charge in [0.05, 0.1) is 6.10 Å². The molecule has 26 heavy (non-hydrogen) atoms.